The molecular weight excluding hydrogens is 184 g/mol. The van der Waals surface area contributed by atoms with Gasteiger partial charge in [-0.15, -0.1) is 0 Å². The molecule has 0 saturated carbocycles. The Balaban J connectivity index is 2.50. The first-order valence-electron chi connectivity index (χ1n) is 4.72. The van der Waals surface area contributed by atoms with Gasteiger partial charge in [-0.05, 0) is 19.1 Å². The lowest BCUT2D eigenvalue weighted by Gasteiger charge is -2.22. The fourth-order valence-electron chi connectivity index (χ4n) is 1.34. The average molecular weight is 202 g/mol. The highest BCUT2D eigenvalue weighted by Gasteiger charge is 2.11. The van der Waals surface area contributed by atoms with Crippen LogP contribution in [0.3, 0.4) is 0 Å². The van der Waals surface area contributed by atoms with Gasteiger partial charge in [0.25, 0.3) is 0 Å². The van der Waals surface area contributed by atoms with E-state index in [1.165, 1.54) is 17.9 Å². The SMILES string of the molecule is CCN=C(NN)N1CCCSCC1. The number of guanidine groups is 1. The molecule has 0 aromatic carbocycles. The van der Waals surface area contributed by atoms with Crippen molar-refractivity contribution >= 4 is 17.7 Å². The normalized spacial score (nSPS) is 19.8. The molecule has 1 fully saturated rings. The molecule has 3 N–H and O–H groups in total. The smallest absolute Gasteiger partial charge is 0.208 e. The Morgan fingerprint density at radius 3 is 3.08 bits per heavy atom. The number of rotatable bonds is 1. The third-order valence-electron chi connectivity index (χ3n) is 1.96. The predicted molar refractivity (Wildman–Crippen MR) is 58.8 cm³/mol. The van der Waals surface area contributed by atoms with Crippen molar-refractivity contribution in [2.45, 2.75) is 13.3 Å². The maximum atomic E-state index is 5.41. The molecule has 0 aromatic heterocycles. The zero-order valence-corrected chi connectivity index (χ0v) is 8.94. The van der Waals surface area contributed by atoms with Gasteiger partial charge < -0.3 is 4.90 Å². The number of nitrogens with one attached hydrogen (secondary N) is 1. The van der Waals surface area contributed by atoms with Crippen LogP contribution in [0.1, 0.15) is 13.3 Å². The minimum atomic E-state index is 0.781. The second-order valence-electron chi connectivity index (χ2n) is 2.90. The Labute approximate surface area is 83.9 Å². The van der Waals surface area contributed by atoms with Crippen molar-refractivity contribution in [2.75, 3.05) is 31.1 Å². The monoisotopic (exact) mass is 202 g/mol. The molecule has 0 unspecified atom stereocenters. The Morgan fingerprint density at radius 1 is 1.54 bits per heavy atom. The average Bonchev–Trinajstić information content (AvgIpc) is 2.42. The maximum absolute atomic E-state index is 5.41. The summed E-state index contributed by atoms with van der Waals surface area (Å²) in [5.41, 5.74) is 2.67. The molecular formula is C8H18N4S. The lowest BCUT2D eigenvalue weighted by atomic mass is 10.4. The Hall–Kier alpha value is -0.420. The summed E-state index contributed by atoms with van der Waals surface area (Å²) >= 11 is 2.00. The van der Waals surface area contributed by atoms with Crippen LogP contribution in [0.15, 0.2) is 4.99 Å². The van der Waals surface area contributed by atoms with Crippen LogP contribution in [-0.2, 0) is 0 Å². The maximum Gasteiger partial charge on any atom is 0.208 e. The van der Waals surface area contributed by atoms with E-state index in [1.807, 2.05) is 18.7 Å². The molecule has 0 radical (unpaired) electrons. The van der Waals surface area contributed by atoms with Crippen molar-refractivity contribution in [1.82, 2.24) is 10.3 Å². The highest BCUT2D eigenvalue weighted by Crippen LogP contribution is 2.09. The number of thioether (sulfide) groups is 1. The predicted octanol–water partition coefficient (Wildman–Crippen LogP) is 0.265. The molecule has 1 aliphatic heterocycles. The topological polar surface area (TPSA) is 53.6 Å². The summed E-state index contributed by atoms with van der Waals surface area (Å²) in [6.45, 7) is 4.91. The molecule has 1 saturated heterocycles. The summed E-state index contributed by atoms with van der Waals surface area (Å²) in [5.74, 6) is 8.67. The summed E-state index contributed by atoms with van der Waals surface area (Å²) in [5, 5.41) is 0. The van der Waals surface area contributed by atoms with Gasteiger partial charge in [-0.3, -0.25) is 10.4 Å². The number of hydrazine groups is 1. The van der Waals surface area contributed by atoms with Crippen molar-refractivity contribution in [3.63, 3.8) is 0 Å². The molecule has 5 heteroatoms. The van der Waals surface area contributed by atoms with Crippen LogP contribution in [0.5, 0.6) is 0 Å². The van der Waals surface area contributed by atoms with Crippen LogP contribution in [0.25, 0.3) is 0 Å². The molecule has 0 aromatic rings. The fourth-order valence-corrected chi connectivity index (χ4v) is 2.23. The quantitative estimate of drug-likeness (QED) is 0.277. The van der Waals surface area contributed by atoms with E-state index in [4.69, 9.17) is 5.84 Å². The molecule has 0 spiro atoms. The highest BCUT2D eigenvalue weighted by molar-refractivity contribution is 7.99. The number of nitrogens with two attached hydrogens (primary N) is 1. The second-order valence-corrected chi connectivity index (χ2v) is 4.12. The van der Waals surface area contributed by atoms with E-state index in [2.05, 4.69) is 15.3 Å². The number of hydrogen-bond donors (Lipinski definition) is 2. The zero-order valence-electron chi connectivity index (χ0n) is 8.12. The molecule has 1 rings (SSSR count). The molecule has 1 heterocycles. The molecule has 0 aliphatic carbocycles. The highest BCUT2D eigenvalue weighted by atomic mass is 32.2. The van der Waals surface area contributed by atoms with E-state index < -0.39 is 0 Å². The van der Waals surface area contributed by atoms with Crippen LogP contribution in [0, 0.1) is 0 Å². The van der Waals surface area contributed by atoms with Gasteiger partial charge in [0.1, 0.15) is 0 Å². The lowest BCUT2D eigenvalue weighted by molar-refractivity contribution is 0.432. The van der Waals surface area contributed by atoms with Gasteiger partial charge in [-0.25, -0.2) is 5.84 Å². The number of hydrogen-bond acceptors (Lipinski definition) is 3. The summed E-state index contributed by atoms with van der Waals surface area (Å²) in [6, 6.07) is 0. The first-order valence-corrected chi connectivity index (χ1v) is 5.87. The van der Waals surface area contributed by atoms with E-state index in [0.717, 1.165) is 25.6 Å². The van der Waals surface area contributed by atoms with E-state index in [0.29, 0.717) is 0 Å². The molecule has 0 bridgehead atoms. The van der Waals surface area contributed by atoms with Gasteiger partial charge in [0.2, 0.25) is 5.96 Å². The third-order valence-corrected chi connectivity index (χ3v) is 3.01. The first kappa shape index (κ1) is 10.7. The lowest BCUT2D eigenvalue weighted by Crippen LogP contribution is -2.45. The molecule has 4 nitrogen and oxygen atoms in total. The number of aliphatic imine (C=N–C) groups is 1. The van der Waals surface area contributed by atoms with Gasteiger partial charge in [-0.2, -0.15) is 11.8 Å². The minimum absolute atomic E-state index is 0.781. The van der Waals surface area contributed by atoms with Crippen molar-refractivity contribution in [2.24, 2.45) is 10.8 Å². The minimum Gasteiger partial charge on any atom is -0.341 e. The Morgan fingerprint density at radius 2 is 2.38 bits per heavy atom. The Kier molecular flexibility index (Phi) is 5.00. The summed E-state index contributed by atoms with van der Waals surface area (Å²) in [4.78, 5) is 6.53. The molecule has 76 valence electrons. The van der Waals surface area contributed by atoms with Gasteiger partial charge >= 0.3 is 0 Å². The van der Waals surface area contributed by atoms with Gasteiger partial charge in [0.05, 0.1) is 0 Å². The summed E-state index contributed by atoms with van der Waals surface area (Å²) in [6.07, 6.45) is 1.22. The molecule has 13 heavy (non-hydrogen) atoms. The summed E-state index contributed by atoms with van der Waals surface area (Å²) in [7, 11) is 0. The third kappa shape index (κ3) is 3.44. The van der Waals surface area contributed by atoms with Crippen molar-refractivity contribution in [1.29, 1.82) is 0 Å². The van der Waals surface area contributed by atoms with Gasteiger partial charge in [0, 0.05) is 25.4 Å². The van der Waals surface area contributed by atoms with Crippen LogP contribution in [0.2, 0.25) is 0 Å². The first-order chi connectivity index (χ1) is 6.38. The van der Waals surface area contributed by atoms with Gasteiger partial charge in [-0.1, -0.05) is 0 Å². The van der Waals surface area contributed by atoms with Crippen LogP contribution in [-0.4, -0.2) is 42.0 Å². The van der Waals surface area contributed by atoms with Crippen LogP contribution < -0.4 is 11.3 Å². The van der Waals surface area contributed by atoms with Crippen LogP contribution in [0.4, 0.5) is 0 Å². The van der Waals surface area contributed by atoms with E-state index in [9.17, 15) is 0 Å². The molecule has 0 atom stereocenters. The van der Waals surface area contributed by atoms with E-state index in [1.54, 1.807) is 0 Å². The molecule has 0 amide bonds. The van der Waals surface area contributed by atoms with Gasteiger partial charge in [0.15, 0.2) is 0 Å². The number of nitrogens with zero attached hydrogens (tertiary/aromatic N) is 2. The zero-order chi connectivity index (χ0) is 9.52. The standard InChI is InChI=1S/C8H18N4S/c1-2-10-8(11-9)12-4-3-6-13-7-5-12/h2-7,9H2,1H3,(H,10,11). The Bertz CT molecular complexity index is 164. The fraction of sp³-hybridized carbons (Fsp3) is 0.875. The molecule has 1 aliphatic rings. The summed E-state index contributed by atoms with van der Waals surface area (Å²) < 4.78 is 0. The van der Waals surface area contributed by atoms with Crippen molar-refractivity contribution in [3.8, 4) is 0 Å². The largest absolute Gasteiger partial charge is 0.341 e. The van der Waals surface area contributed by atoms with Crippen molar-refractivity contribution in [3.05, 3.63) is 0 Å². The van der Waals surface area contributed by atoms with E-state index >= 15 is 0 Å². The van der Waals surface area contributed by atoms with E-state index in [-0.39, 0.29) is 0 Å². The van der Waals surface area contributed by atoms with Crippen LogP contribution >= 0.6 is 11.8 Å². The van der Waals surface area contributed by atoms with Crippen molar-refractivity contribution < 1.29 is 0 Å². The second kappa shape index (κ2) is 6.10.